The molecule has 4 aromatic rings. The number of hydrogen-bond acceptors (Lipinski definition) is 6. The van der Waals surface area contributed by atoms with Crippen LogP contribution in [0.2, 0.25) is 0 Å². The molecule has 33 heavy (non-hydrogen) atoms. The van der Waals surface area contributed by atoms with Crippen molar-refractivity contribution in [2.24, 2.45) is 0 Å². The van der Waals surface area contributed by atoms with Crippen LogP contribution in [0, 0.1) is 6.92 Å². The summed E-state index contributed by atoms with van der Waals surface area (Å²) in [5, 5.41) is 3.49. The minimum Gasteiger partial charge on any atom is -0.489 e. The number of amides is 1. The number of carbonyl (C=O) groups excluding carboxylic acids is 1. The van der Waals surface area contributed by atoms with Crippen LogP contribution in [0.25, 0.3) is 0 Å². The highest BCUT2D eigenvalue weighted by Gasteiger charge is 2.16. The normalized spacial score (nSPS) is 11.9. The fourth-order valence-electron chi connectivity index (χ4n) is 3.49. The number of anilines is 1. The Morgan fingerprint density at radius 2 is 1.79 bits per heavy atom. The number of hydrogen-bond donors (Lipinski definition) is 1. The van der Waals surface area contributed by atoms with Crippen molar-refractivity contribution in [3.8, 4) is 17.2 Å². The first-order valence-electron chi connectivity index (χ1n) is 10.6. The maximum atomic E-state index is 12.7. The first-order chi connectivity index (χ1) is 16.1. The third-order valence-electron chi connectivity index (χ3n) is 5.28. The van der Waals surface area contributed by atoms with Crippen LogP contribution in [0.3, 0.4) is 0 Å². The van der Waals surface area contributed by atoms with Crippen LogP contribution in [0.4, 0.5) is 5.13 Å². The van der Waals surface area contributed by atoms with E-state index < -0.39 is 0 Å². The van der Waals surface area contributed by atoms with Gasteiger partial charge < -0.3 is 14.2 Å². The Morgan fingerprint density at radius 3 is 2.61 bits per heavy atom. The molecule has 1 aromatic heterocycles. The van der Waals surface area contributed by atoms with E-state index in [0.29, 0.717) is 29.5 Å². The van der Waals surface area contributed by atoms with Crippen molar-refractivity contribution in [1.82, 2.24) is 4.98 Å². The number of fused-ring (bicyclic) bond motifs is 1. The van der Waals surface area contributed by atoms with Gasteiger partial charge >= 0.3 is 0 Å². The average Bonchev–Trinajstić information content (AvgIpc) is 3.44. The molecule has 0 spiro atoms. The molecule has 0 aliphatic carbocycles. The van der Waals surface area contributed by atoms with Gasteiger partial charge in [0.2, 0.25) is 6.79 Å². The fraction of sp³-hybridized carbons (Fsp3) is 0.154. The summed E-state index contributed by atoms with van der Waals surface area (Å²) in [6.45, 7) is 2.69. The van der Waals surface area contributed by atoms with E-state index >= 15 is 0 Å². The minimum absolute atomic E-state index is 0.201. The number of benzene rings is 3. The Hall–Kier alpha value is -3.84. The predicted octanol–water partition coefficient (Wildman–Crippen LogP) is 5.60. The van der Waals surface area contributed by atoms with Crippen molar-refractivity contribution in [2.75, 3.05) is 12.1 Å². The van der Waals surface area contributed by atoms with E-state index in [4.69, 9.17) is 14.2 Å². The Kier molecular flexibility index (Phi) is 5.95. The number of rotatable bonds is 7. The van der Waals surface area contributed by atoms with Crippen molar-refractivity contribution in [3.63, 3.8) is 0 Å². The summed E-state index contributed by atoms with van der Waals surface area (Å²) >= 11 is 1.48. The van der Waals surface area contributed by atoms with Gasteiger partial charge in [0.1, 0.15) is 12.4 Å². The molecule has 1 aliphatic heterocycles. The Balaban J connectivity index is 1.20. The van der Waals surface area contributed by atoms with Crippen LogP contribution in [-0.2, 0) is 13.0 Å². The van der Waals surface area contributed by atoms with Crippen LogP contribution >= 0.6 is 11.3 Å². The highest BCUT2D eigenvalue weighted by atomic mass is 32.1. The van der Waals surface area contributed by atoms with Gasteiger partial charge in [-0.25, -0.2) is 4.98 Å². The zero-order valence-corrected chi connectivity index (χ0v) is 18.9. The maximum absolute atomic E-state index is 12.7. The van der Waals surface area contributed by atoms with Crippen LogP contribution in [0.15, 0.2) is 72.8 Å². The van der Waals surface area contributed by atoms with Crippen LogP contribution in [0.5, 0.6) is 17.2 Å². The number of ether oxygens (including phenoxy) is 3. The van der Waals surface area contributed by atoms with Gasteiger partial charge in [0.15, 0.2) is 16.6 Å². The highest BCUT2D eigenvalue weighted by molar-refractivity contribution is 7.15. The molecular formula is C26H22N2O4S. The lowest BCUT2D eigenvalue weighted by atomic mass is 10.1. The summed E-state index contributed by atoms with van der Waals surface area (Å²) in [6, 6.07) is 23.0. The van der Waals surface area contributed by atoms with Crippen molar-refractivity contribution in [3.05, 3.63) is 100 Å². The molecule has 2 heterocycles. The fourth-order valence-corrected chi connectivity index (χ4v) is 4.49. The zero-order chi connectivity index (χ0) is 22.6. The summed E-state index contributed by atoms with van der Waals surface area (Å²) in [5.74, 6) is 2.04. The van der Waals surface area contributed by atoms with E-state index in [-0.39, 0.29) is 12.7 Å². The van der Waals surface area contributed by atoms with Crippen molar-refractivity contribution >= 4 is 22.4 Å². The molecule has 1 amide bonds. The summed E-state index contributed by atoms with van der Waals surface area (Å²) in [4.78, 5) is 18.3. The molecule has 6 nitrogen and oxygen atoms in total. The topological polar surface area (TPSA) is 69.7 Å². The predicted molar refractivity (Wildman–Crippen MR) is 127 cm³/mol. The second-order valence-electron chi connectivity index (χ2n) is 7.64. The molecule has 5 rings (SSSR count). The molecule has 0 saturated carbocycles. The van der Waals surface area contributed by atoms with E-state index in [1.54, 1.807) is 24.3 Å². The van der Waals surface area contributed by atoms with E-state index in [1.165, 1.54) is 11.3 Å². The van der Waals surface area contributed by atoms with Gasteiger partial charge in [0.25, 0.3) is 5.91 Å². The molecule has 0 unspecified atom stereocenters. The third-order valence-corrected chi connectivity index (χ3v) is 6.35. The summed E-state index contributed by atoms with van der Waals surface area (Å²) in [5.41, 5.74) is 3.65. The summed E-state index contributed by atoms with van der Waals surface area (Å²) < 4.78 is 16.6. The van der Waals surface area contributed by atoms with E-state index in [0.717, 1.165) is 33.2 Å². The molecule has 0 radical (unpaired) electrons. The molecule has 0 saturated heterocycles. The lowest BCUT2D eigenvalue weighted by molar-refractivity contribution is 0.102. The van der Waals surface area contributed by atoms with Crippen molar-refractivity contribution < 1.29 is 19.0 Å². The molecule has 0 fully saturated rings. The third kappa shape index (κ3) is 4.99. The van der Waals surface area contributed by atoms with E-state index in [9.17, 15) is 4.79 Å². The number of aromatic nitrogens is 1. The van der Waals surface area contributed by atoms with Gasteiger partial charge in [-0.15, -0.1) is 11.3 Å². The molecule has 166 valence electrons. The summed E-state index contributed by atoms with van der Waals surface area (Å²) in [6.07, 6.45) is 0.712. The van der Waals surface area contributed by atoms with Gasteiger partial charge in [-0.3, -0.25) is 10.1 Å². The Morgan fingerprint density at radius 1 is 1.00 bits per heavy atom. The number of nitrogens with one attached hydrogen (secondary N) is 1. The maximum Gasteiger partial charge on any atom is 0.257 e. The Bertz CT molecular complexity index is 1270. The Labute approximate surface area is 195 Å². The van der Waals surface area contributed by atoms with Gasteiger partial charge in [-0.2, -0.15) is 0 Å². The molecule has 3 aromatic carbocycles. The molecule has 1 N–H and O–H groups in total. The second-order valence-corrected chi connectivity index (χ2v) is 8.73. The first-order valence-corrected chi connectivity index (χ1v) is 11.4. The lowest BCUT2D eigenvalue weighted by Gasteiger charge is -2.07. The monoisotopic (exact) mass is 458 g/mol. The average molecular weight is 459 g/mol. The molecule has 0 atom stereocenters. The van der Waals surface area contributed by atoms with E-state index in [1.807, 2.05) is 55.5 Å². The minimum atomic E-state index is -0.201. The molecular weight excluding hydrogens is 436 g/mol. The summed E-state index contributed by atoms with van der Waals surface area (Å²) in [7, 11) is 0. The number of aryl methyl sites for hydroxylation is 1. The molecule has 1 aliphatic rings. The highest BCUT2D eigenvalue weighted by Crippen LogP contribution is 2.34. The number of carbonyl (C=O) groups is 1. The molecule has 7 heteroatoms. The number of nitrogens with zero attached hydrogens (tertiary/aromatic N) is 1. The van der Waals surface area contributed by atoms with Crippen LogP contribution in [0.1, 0.15) is 32.1 Å². The second kappa shape index (κ2) is 9.34. The van der Waals surface area contributed by atoms with Gasteiger partial charge in [-0.1, -0.05) is 36.4 Å². The lowest BCUT2D eigenvalue weighted by Crippen LogP contribution is -2.11. The van der Waals surface area contributed by atoms with Crippen molar-refractivity contribution in [1.29, 1.82) is 0 Å². The van der Waals surface area contributed by atoms with Crippen LogP contribution in [-0.4, -0.2) is 17.7 Å². The van der Waals surface area contributed by atoms with Crippen molar-refractivity contribution in [2.45, 2.75) is 20.0 Å². The number of thiazole rings is 1. The molecule has 0 bridgehead atoms. The van der Waals surface area contributed by atoms with Crippen LogP contribution < -0.4 is 19.5 Å². The SMILES string of the molecule is Cc1nc(NC(=O)c2ccc(OCc3ccccc3)cc2)sc1Cc1ccc2c(c1)OCO2. The van der Waals surface area contributed by atoms with Gasteiger partial charge in [0.05, 0.1) is 5.69 Å². The van der Waals surface area contributed by atoms with Gasteiger partial charge in [-0.05, 0) is 54.4 Å². The standard InChI is InChI=1S/C26H22N2O4S/c1-17-24(14-19-7-12-22-23(13-19)32-16-31-22)33-26(27-17)28-25(29)20-8-10-21(11-9-20)30-15-18-5-3-2-4-6-18/h2-13H,14-16H2,1H3,(H,27,28,29). The zero-order valence-electron chi connectivity index (χ0n) is 18.0. The van der Waals surface area contributed by atoms with Gasteiger partial charge in [0, 0.05) is 16.9 Å². The largest absolute Gasteiger partial charge is 0.489 e. The quantitative estimate of drug-likeness (QED) is 0.390. The van der Waals surface area contributed by atoms with E-state index in [2.05, 4.69) is 10.3 Å². The smallest absolute Gasteiger partial charge is 0.257 e. The first kappa shape index (κ1) is 21.0.